The van der Waals surface area contributed by atoms with Crippen LogP contribution in [0.15, 0.2) is 36.5 Å². The van der Waals surface area contributed by atoms with Gasteiger partial charge in [0, 0.05) is 13.2 Å². The van der Waals surface area contributed by atoms with Gasteiger partial charge in [0.25, 0.3) is 0 Å². The normalized spacial score (nSPS) is 17.5. The molecule has 5 heteroatoms. The van der Waals surface area contributed by atoms with Crippen LogP contribution in [0.4, 0.5) is 0 Å². The molecule has 0 aliphatic carbocycles. The van der Waals surface area contributed by atoms with Crippen LogP contribution in [-0.2, 0) is 18.4 Å². The van der Waals surface area contributed by atoms with E-state index in [-0.39, 0.29) is 12.3 Å². The Morgan fingerprint density at radius 3 is 2.52 bits per heavy atom. The number of aromatic nitrogens is 2. The summed E-state index contributed by atoms with van der Waals surface area (Å²) in [5, 5.41) is 9.33. The summed E-state index contributed by atoms with van der Waals surface area (Å²) < 4.78 is 2.10. The molecule has 1 aliphatic rings. The Bertz CT molecular complexity index is 703. The number of imidazole rings is 1. The van der Waals surface area contributed by atoms with E-state index in [0.717, 1.165) is 49.6 Å². The highest BCUT2D eigenvalue weighted by Crippen LogP contribution is 2.35. The number of piperidine rings is 1. The van der Waals surface area contributed by atoms with Gasteiger partial charge in [-0.3, -0.25) is 9.69 Å². The molecule has 25 heavy (non-hydrogen) atoms. The maximum Gasteiger partial charge on any atom is 0.303 e. The first-order valence-electron chi connectivity index (χ1n) is 9.01. The maximum absolute atomic E-state index is 11.3. The summed E-state index contributed by atoms with van der Waals surface area (Å²) in [4.78, 5) is 18.4. The highest BCUT2D eigenvalue weighted by molar-refractivity contribution is 5.68. The Balaban J connectivity index is 1.63. The van der Waals surface area contributed by atoms with Crippen LogP contribution in [0.1, 0.15) is 42.3 Å². The predicted octanol–water partition coefficient (Wildman–Crippen LogP) is 3.20. The highest BCUT2D eigenvalue weighted by atomic mass is 16.4. The third-order valence-corrected chi connectivity index (χ3v) is 5.28. The SMILES string of the molecule is Cc1cn(C)c(CN2CCC(C(CC(=O)O)c3ccccc3)CC2)n1. The van der Waals surface area contributed by atoms with E-state index in [4.69, 9.17) is 0 Å². The van der Waals surface area contributed by atoms with E-state index in [1.165, 1.54) is 0 Å². The van der Waals surface area contributed by atoms with Gasteiger partial charge in [-0.05, 0) is 50.3 Å². The summed E-state index contributed by atoms with van der Waals surface area (Å²) in [6, 6.07) is 10.1. The Morgan fingerprint density at radius 2 is 1.96 bits per heavy atom. The lowest BCUT2D eigenvalue weighted by atomic mass is 9.78. The van der Waals surface area contributed by atoms with E-state index >= 15 is 0 Å². The van der Waals surface area contributed by atoms with Gasteiger partial charge in [0.15, 0.2) is 0 Å². The fourth-order valence-corrected chi connectivity index (χ4v) is 3.97. The van der Waals surface area contributed by atoms with Crippen LogP contribution in [-0.4, -0.2) is 38.6 Å². The van der Waals surface area contributed by atoms with E-state index in [1.54, 1.807) is 0 Å². The molecule has 1 unspecified atom stereocenters. The Kier molecular flexibility index (Phi) is 5.53. The first kappa shape index (κ1) is 17.7. The Morgan fingerprint density at radius 1 is 1.28 bits per heavy atom. The van der Waals surface area contributed by atoms with Crippen molar-refractivity contribution in [3.8, 4) is 0 Å². The van der Waals surface area contributed by atoms with Crippen LogP contribution in [0.25, 0.3) is 0 Å². The van der Waals surface area contributed by atoms with Gasteiger partial charge >= 0.3 is 5.97 Å². The van der Waals surface area contributed by atoms with Crippen LogP contribution in [0, 0.1) is 12.8 Å². The number of carboxylic acid groups (broad SMARTS) is 1. The molecule has 5 nitrogen and oxygen atoms in total. The molecule has 2 heterocycles. The van der Waals surface area contributed by atoms with Crippen molar-refractivity contribution in [2.75, 3.05) is 13.1 Å². The molecule has 0 spiro atoms. The molecule has 1 aromatic heterocycles. The van der Waals surface area contributed by atoms with Crippen molar-refractivity contribution in [2.24, 2.45) is 13.0 Å². The molecule has 2 aromatic rings. The Labute approximate surface area is 149 Å². The van der Waals surface area contributed by atoms with Gasteiger partial charge in [0.1, 0.15) is 5.82 Å². The lowest BCUT2D eigenvalue weighted by molar-refractivity contribution is -0.137. The second kappa shape index (κ2) is 7.83. The monoisotopic (exact) mass is 341 g/mol. The third-order valence-electron chi connectivity index (χ3n) is 5.28. The Hall–Kier alpha value is -2.14. The number of benzene rings is 1. The zero-order valence-electron chi connectivity index (χ0n) is 15.1. The average Bonchev–Trinajstić information content (AvgIpc) is 2.91. The number of carbonyl (C=O) groups is 1. The number of carboxylic acids is 1. The summed E-state index contributed by atoms with van der Waals surface area (Å²) in [6.07, 6.45) is 4.35. The van der Waals surface area contributed by atoms with Gasteiger partial charge in [-0.1, -0.05) is 30.3 Å². The zero-order chi connectivity index (χ0) is 17.8. The molecular formula is C20H27N3O2. The molecule has 3 rings (SSSR count). The van der Waals surface area contributed by atoms with Crippen molar-refractivity contribution in [2.45, 2.75) is 38.6 Å². The number of aryl methyl sites for hydroxylation is 2. The number of rotatable bonds is 6. The van der Waals surface area contributed by atoms with Crippen LogP contribution in [0.3, 0.4) is 0 Å². The minimum Gasteiger partial charge on any atom is -0.481 e. The smallest absolute Gasteiger partial charge is 0.303 e. The lowest BCUT2D eigenvalue weighted by Crippen LogP contribution is -2.36. The van der Waals surface area contributed by atoms with Crippen LogP contribution in [0.5, 0.6) is 0 Å². The molecule has 0 saturated carbocycles. The molecule has 1 fully saturated rings. The summed E-state index contributed by atoms with van der Waals surface area (Å²) in [5.74, 6) is 0.926. The molecule has 1 saturated heterocycles. The van der Waals surface area contributed by atoms with Crippen LogP contribution >= 0.6 is 0 Å². The van der Waals surface area contributed by atoms with Crippen molar-refractivity contribution in [3.05, 3.63) is 53.6 Å². The average molecular weight is 341 g/mol. The van der Waals surface area contributed by atoms with Crippen molar-refractivity contribution in [1.29, 1.82) is 0 Å². The first-order valence-corrected chi connectivity index (χ1v) is 9.01. The van der Waals surface area contributed by atoms with E-state index < -0.39 is 5.97 Å². The first-order chi connectivity index (χ1) is 12.0. The molecular weight excluding hydrogens is 314 g/mol. The van der Waals surface area contributed by atoms with Gasteiger partial charge in [-0.2, -0.15) is 0 Å². The summed E-state index contributed by atoms with van der Waals surface area (Å²) in [6.45, 7) is 4.89. The number of likely N-dealkylation sites (tertiary alicyclic amines) is 1. The number of aliphatic carboxylic acids is 1. The minimum absolute atomic E-state index is 0.108. The maximum atomic E-state index is 11.3. The van der Waals surface area contributed by atoms with E-state index in [9.17, 15) is 9.90 Å². The molecule has 0 amide bonds. The second-order valence-corrected chi connectivity index (χ2v) is 7.14. The molecule has 0 bridgehead atoms. The number of hydrogen-bond donors (Lipinski definition) is 1. The largest absolute Gasteiger partial charge is 0.481 e. The molecule has 1 N–H and O–H groups in total. The molecule has 1 aliphatic heterocycles. The van der Waals surface area contributed by atoms with Gasteiger partial charge in [-0.15, -0.1) is 0 Å². The van der Waals surface area contributed by atoms with E-state index in [2.05, 4.69) is 32.8 Å². The number of hydrogen-bond acceptors (Lipinski definition) is 3. The fraction of sp³-hybridized carbons (Fsp3) is 0.500. The fourth-order valence-electron chi connectivity index (χ4n) is 3.97. The van der Waals surface area contributed by atoms with Crippen LogP contribution in [0.2, 0.25) is 0 Å². The standard InChI is InChI=1S/C20H27N3O2/c1-15-13-22(2)19(21-15)14-23-10-8-17(9-11-23)18(12-20(24)25)16-6-4-3-5-7-16/h3-7,13,17-18H,8-12,14H2,1-2H3,(H,24,25). The van der Waals surface area contributed by atoms with Crippen molar-refractivity contribution >= 4 is 5.97 Å². The second-order valence-electron chi connectivity index (χ2n) is 7.14. The van der Waals surface area contributed by atoms with Crippen molar-refractivity contribution < 1.29 is 9.90 Å². The zero-order valence-corrected chi connectivity index (χ0v) is 15.1. The molecule has 0 radical (unpaired) electrons. The quantitative estimate of drug-likeness (QED) is 0.876. The van der Waals surface area contributed by atoms with E-state index in [0.29, 0.717) is 5.92 Å². The van der Waals surface area contributed by atoms with Gasteiger partial charge in [0.2, 0.25) is 0 Å². The van der Waals surface area contributed by atoms with Gasteiger partial charge < -0.3 is 9.67 Å². The summed E-state index contributed by atoms with van der Waals surface area (Å²) >= 11 is 0. The highest BCUT2D eigenvalue weighted by Gasteiger charge is 2.29. The minimum atomic E-state index is -0.709. The molecule has 1 aromatic carbocycles. The van der Waals surface area contributed by atoms with Crippen LogP contribution < -0.4 is 0 Å². The topological polar surface area (TPSA) is 58.4 Å². The van der Waals surface area contributed by atoms with Gasteiger partial charge in [0.05, 0.1) is 18.7 Å². The van der Waals surface area contributed by atoms with E-state index in [1.807, 2.05) is 32.2 Å². The molecule has 1 atom stereocenters. The predicted molar refractivity (Wildman–Crippen MR) is 97.4 cm³/mol. The van der Waals surface area contributed by atoms with Gasteiger partial charge in [-0.25, -0.2) is 4.98 Å². The third kappa shape index (κ3) is 4.48. The van der Waals surface area contributed by atoms with Crippen molar-refractivity contribution in [1.82, 2.24) is 14.5 Å². The number of nitrogens with zero attached hydrogens (tertiary/aromatic N) is 3. The van der Waals surface area contributed by atoms with Crippen molar-refractivity contribution in [3.63, 3.8) is 0 Å². The molecule has 134 valence electrons. The lowest BCUT2D eigenvalue weighted by Gasteiger charge is -2.35. The summed E-state index contributed by atoms with van der Waals surface area (Å²) in [7, 11) is 2.04. The summed E-state index contributed by atoms with van der Waals surface area (Å²) in [5.41, 5.74) is 2.21.